The summed E-state index contributed by atoms with van der Waals surface area (Å²) >= 11 is -11.2. The molecule has 0 spiro atoms. The Morgan fingerprint density at radius 2 is 1.43 bits per heavy atom. The maximum absolute atomic E-state index is 12.5. The molecular weight excluding hydrogens is 521 g/mol. The van der Waals surface area contributed by atoms with Crippen molar-refractivity contribution >= 4 is 25.2 Å². The molecule has 0 N–H and O–H groups in total. The number of methoxy groups -OCH3 is 1. The van der Waals surface area contributed by atoms with Gasteiger partial charge in [0.05, 0.1) is 12.7 Å². The molecule has 4 nitrogen and oxygen atoms in total. The van der Waals surface area contributed by atoms with Crippen molar-refractivity contribution in [2.75, 3.05) is 7.11 Å². The number of halogens is 9. The van der Waals surface area contributed by atoms with Gasteiger partial charge in [0, 0.05) is 11.6 Å². The summed E-state index contributed by atoms with van der Waals surface area (Å²) < 4.78 is 106. The molecule has 0 bridgehead atoms. The van der Waals surface area contributed by atoms with E-state index in [1.165, 1.54) is 31.4 Å². The fourth-order valence-corrected chi connectivity index (χ4v) is 1.85. The van der Waals surface area contributed by atoms with Crippen molar-refractivity contribution in [2.45, 2.75) is 6.36 Å². The molecule has 0 fully saturated rings. The molecule has 2 aromatic carbocycles. The average molecular weight is 531 g/mol. The van der Waals surface area contributed by atoms with Crippen LogP contribution in [-0.4, -0.2) is 32.9 Å². The molecule has 0 aliphatic rings. The molecule has 0 aromatic heterocycles. The van der Waals surface area contributed by atoms with Crippen molar-refractivity contribution in [3.63, 3.8) is 0 Å². The Morgan fingerprint density at radius 1 is 0.893 bits per heavy atom. The van der Waals surface area contributed by atoms with Gasteiger partial charge >= 0.3 is 48.4 Å². The Hall–Kier alpha value is -2.35. The molecule has 2 rings (SSSR count). The van der Waals surface area contributed by atoms with Crippen molar-refractivity contribution in [1.82, 2.24) is 0 Å². The first kappa shape index (κ1) is 23.7. The van der Waals surface area contributed by atoms with E-state index in [2.05, 4.69) is 9.71 Å². The Morgan fingerprint density at radius 3 is 1.89 bits per heavy atom. The molecule has 0 unspecified atom stereocenters. The number of hydrogen-bond donors (Lipinski definition) is 0. The first-order chi connectivity index (χ1) is 12.4. The summed E-state index contributed by atoms with van der Waals surface area (Å²) in [4.78, 5) is 3.06. The van der Waals surface area contributed by atoms with Crippen LogP contribution in [0.15, 0.2) is 42.5 Å². The van der Waals surface area contributed by atoms with E-state index < -0.39 is 31.6 Å². The fraction of sp³-hybridized carbons (Fsp3) is 0.143. The summed E-state index contributed by atoms with van der Waals surface area (Å²) in [7, 11) is 1.39. The van der Waals surface area contributed by atoms with Crippen LogP contribution in [-0.2, 0) is 0 Å². The summed E-state index contributed by atoms with van der Waals surface area (Å²) in [5.41, 5.74) is 0.524. The molecule has 0 atom stereocenters. The molecule has 0 amide bonds. The van der Waals surface area contributed by atoms with Crippen molar-refractivity contribution in [3.8, 4) is 22.6 Å². The second-order valence-electron chi connectivity index (χ2n) is 4.99. The third-order valence-corrected chi connectivity index (χ3v) is 2.71. The van der Waals surface area contributed by atoms with Gasteiger partial charge in [-0.1, -0.05) is 12.1 Å². The fourth-order valence-electron chi connectivity index (χ4n) is 1.85. The third kappa shape index (κ3) is 10.1. The Balaban J connectivity index is 0.000000480. The number of rotatable bonds is 3. The van der Waals surface area contributed by atoms with Crippen LogP contribution in [0.4, 0.5) is 35.7 Å². The van der Waals surface area contributed by atoms with Gasteiger partial charge in [-0.25, -0.2) is 0 Å². The standard InChI is InChI=1S/C14H10F3N2O2.6FH.Sb/c1-20-9-6-7-13(21-14(15,16)17)11(8-9)10-4-2-3-5-12(10)19-18;;;;;;;/h2-8H,1H3;6*1H;/q+1;;;;;;;+5/p-6. The minimum atomic E-state index is -11.2. The number of ether oxygens (including phenoxy) is 2. The Labute approximate surface area is 154 Å². The van der Waals surface area contributed by atoms with Gasteiger partial charge in [0.25, 0.3) is 0 Å². The topological polar surface area (TPSA) is 46.6 Å². The van der Waals surface area contributed by atoms with E-state index in [4.69, 9.17) is 10.1 Å². The molecule has 0 saturated heterocycles. The first-order valence-corrected chi connectivity index (χ1v) is 12.6. The molecule has 28 heavy (non-hydrogen) atoms. The van der Waals surface area contributed by atoms with Crippen LogP contribution in [0.3, 0.4) is 0 Å². The van der Waals surface area contributed by atoms with E-state index in [1.54, 1.807) is 12.1 Å². The van der Waals surface area contributed by atoms with Crippen molar-refractivity contribution in [3.05, 3.63) is 47.4 Å². The van der Waals surface area contributed by atoms with Crippen LogP contribution in [0.1, 0.15) is 0 Å². The molecule has 0 aliphatic carbocycles. The number of alkyl halides is 3. The molecule has 0 heterocycles. The molecule has 0 saturated carbocycles. The molecule has 0 aliphatic heterocycles. The van der Waals surface area contributed by atoms with Gasteiger partial charge in [-0.15, -0.1) is 13.2 Å². The van der Waals surface area contributed by atoms with Gasteiger partial charge in [-0.05, 0) is 24.3 Å². The van der Waals surface area contributed by atoms with Gasteiger partial charge in [0.1, 0.15) is 11.5 Å². The quantitative estimate of drug-likeness (QED) is 0.247. The van der Waals surface area contributed by atoms with E-state index in [1.807, 2.05) is 0 Å². The predicted molar refractivity (Wildman–Crippen MR) is 82.3 cm³/mol. The molecule has 0 radical (unpaired) electrons. The monoisotopic (exact) mass is 530 g/mol. The normalized spacial score (nSPS) is 13.9. The summed E-state index contributed by atoms with van der Waals surface area (Å²) in [6.07, 6.45) is -4.82. The zero-order valence-electron chi connectivity index (χ0n) is 13.6. The summed E-state index contributed by atoms with van der Waals surface area (Å²) in [5, 5.41) is 8.96. The van der Waals surface area contributed by atoms with Gasteiger partial charge in [0.2, 0.25) is 5.39 Å². The van der Waals surface area contributed by atoms with Crippen LogP contribution in [0.25, 0.3) is 16.1 Å². The number of hydrogen-bond acceptors (Lipinski definition) is 3. The van der Waals surface area contributed by atoms with Gasteiger partial charge < -0.3 is 9.47 Å². The van der Waals surface area contributed by atoms with E-state index in [0.717, 1.165) is 6.07 Å². The second-order valence-corrected chi connectivity index (χ2v) is 10.5. The van der Waals surface area contributed by atoms with Crippen LogP contribution in [0.5, 0.6) is 11.5 Å². The summed E-state index contributed by atoms with van der Waals surface area (Å²) in [5.74, 6) is -0.0494. The summed E-state index contributed by atoms with van der Waals surface area (Å²) in [6.45, 7) is 0. The molecular formula is C14H10F9N2O2Sb. The predicted octanol–water partition coefficient (Wildman–Crippen LogP) is 6.89. The van der Waals surface area contributed by atoms with Crippen molar-refractivity contribution < 1.29 is 39.5 Å². The first-order valence-electron chi connectivity index (χ1n) is 6.84. The average Bonchev–Trinajstić information content (AvgIpc) is 2.51. The van der Waals surface area contributed by atoms with E-state index in [0.29, 0.717) is 5.75 Å². The number of nitrogens with zero attached hydrogens (tertiary/aromatic N) is 2. The second kappa shape index (κ2) is 7.24. The zero-order valence-corrected chi connectivity index (χ0v) is 16.2. The number of benzene rings is 2. The van der Waals surface area contributed by atoms with Gasteiger partial charge in [0.15, 0.2) is 4.98 Å². The molecule has 14 heteroatoms. The molecule has 2 aromatic rings. The zero-order chi connectivity index (χ0) is 21.9. The Kier molecular flexibility index (Phi) is 6.12. The number of diazo groups is 1. The van der Waals surface area contributed by atoms with Gasteiger partial charge in [-0.2, -0.15) is 0 Å². The Bertz CT molecular complexity index is 879. The summed E-state index contributed by atoms with van der Waals surface area (Å²) in [6, 6.07) is 10.1. The van der Waals surface area contributed by atoms with E-state index >= 15 is 0 Å². The van der Waals surface area contributed by atoms with Crippen molar-refractivity contribution in [1.29, 1.82) is 5.39 Å². The van der Waals surface area contributed by atoms with Crippen LogP contribution < -0.4 is 9.47 Å². The molecule has 156 valence electrons. The minimum absolute atomic E-state index is 0.111. The maximum atomic E-state index is 12.5. The van der Waals surface area contributed by atoms with Crippen LogP contribution in [0.2, 0.25) is 0 Å². The van der Waals surface area contributed by atoms with Crippen LogP contribution in [0, 0.1) is 5.39 Å². The van der Waals surface area contributed by atoms with Crippen LogP contribution >= 0.6 is 0 Å². The SMILES string of the molecule is COc1ccc(OC(F)(F)F)c(-c2ccccc2[N+]#N)c1.[F][Sb-]([F])([F])([F])([F])[F]. The van der Waals surface area contributed by atoms with E-state index in [9.17, 15) is 30.0 Å². The third-order valence-electron chi connectivity index (χ3n) is 2.71. The van der Waals surface area contributed by atoms with Crippen molar-refractivity contribution in [2.24, 2.45) is 0 Å². The van der Waals surface area contributed by atoms with Gasteiger partial charge in [-0.3, -0.25) is 0 Å². The van der Waals surface area contributed by atoms with E-state index in [-0.39, 0.29) is 16.8 Å².